The monoisotopic (exact) mass is 298 g/mol. The van der Waals surface area contributed by atoms with Gasteiger partial charge >= 0.3 is 0 Å². The quantitative estimate of drug-likeness (QED) is 0.499. The third kappa shape index (κ3) is 5.24. The minimum Gasteiger partial charge on any atom is -0.494 e. The lowest BCUT2D eigenvalue weighted by atomic mass is 10.2. The first-order valence-electron chi connectivity index (χ1n) is 7.71. The van der Waals surface area contributed by atoms with Crippen LogP contribution in [0.25, 0.3) is 0 Å². The Morgan fingerprint density at radius 1 is 0.955 bits per heavy atom. The van der Waals surface area contributed by atoms with E-state index in [1.807, 2.05) is 24.3 Å². The molecule has 0 bridgehead atoms. The lowest BCUT2D eigenvalue weighted by Crippen LogP contribution is -1.99. The summed E-state index contributed by atoms with van der Waals surface area (Å²) >= 11 is 0. The van der Waals surface area contributed by atoms with Crippen LogP contribution in [0.3, 0.4) is 0 Å². The molecule has 2 aromatic rings. The van der Waals surface area contributed by atoms with Gasteiger partial charge in [-0.3, -0.25) is 4.79 Å². The minimum atomic E-state index is 0.479. The first-order valence-corrected chi connectivity index (χ1v) is 7.71. The van der Waals surface area contributed by atoms with E-state index in [0.29, 0.717) is 12.2 Å². The molecule has 22 heavy (non-hydrogen) atoms. The van der Waals surface area contributed by atoms with Crippen LogP contribution in [-0.4, -0.2) is 12.9 Å². The Labute approximate surface area is 131 Å². The largest absolute Gasteiger partial charge is 0.494 e. The maximum absolute atomic E-state index is 10.6. The van der Waals surface area contributed by atoms with Gasteiger partial charge in [-0.1, -0.05) is 31.9 Å². The number of carbonyl (C=O) groups excluding carboxylic acids is 1. The van der Waals surface area contributed by atoms with Gasteiger partial charge in [0.1, 0.15) is 24.4 Å². The highest BCUT2D eigenvalue weighted by Gasteiger charge is 2.00. The SMILES string of the molecule is CCCCCOc1cccc(COc2ccc(C=O)cc2)c1. The minimum absolute atomic E-state index is 0.479. The summed E-state index contributed by atoms with van der Waals surface area (Å²) < 4.78 is 11.5. The topological polar surface area (TPSA) is 35.5 Å². The first-order chi connectivity index (χ1) is 10.8. The predicted octanol–water partition coefficient (Wildman–Crippen LogP) is 4.65. The van der Waals surface area contributed by atoms with Crippen LogP contribution in [-0.2, 0) is 6.61 Å². The molecule has 0 amide bonds. The molecule has 0 aliphatic heterocycles. The third-order valence-electron chi connectivity index (χ3n) is 3.34. The van der Waals surface area contributed by atoms with Crippen molar-refractivity contribution in [1.82, 2.24) is 0 Å². The van der Waals surface area contributed by atoms with Gasteiger partial charge in [-0.2, -0.15) is 0 Å². The molecule has 0 saturated heterocycles. The predicted molar refractivity (Wildman–Crippen MR) is 87.6 cm³/mol. The van der Waals surface area contributed by atoms with Gasteiger partial charge in [0.05, 0.1) is 6.61 Å². The molecule has 0 spiro atoms. The van der Waals surface area contributed by atoms with Crippen LogP contribution in [0, 0.1) is 0 Å². The second-order valence-electron chi connectivity index (χ2n) is 5.18. The average molecular weight is 298 g/mol. The van der Waals surface area contributed by atoms with Crippen LogP contribution in [0.1, 0.15) is 42.1 Å². The van der Waals surface area contributed by atoms with Crippen LogP contribution in [0.15, 0.2) is 48.5 Å². The molecule has 116 valence electrons. The smallest absolute Gasteiger partial charge is 0.150 e. The summed E-state index contributed by atoms with van der Waals surface area (Å²) in [4.78, 5) is 10.6. The van der Waals surface area contributed by atoms with Gasteiger partial charge in [-0.05, 0) is 48.4 Å². The molecule has 0 unspecified atom stereocenters. The fraction of sp³-hybridized carbons (Fsp3) is 0.316. The molecular formula is C19H22O3. The van der Waals surface area contributed by atoms with Crippen LogP contribution in [0.5, 0.6) is 11.5 Å². The second-order valence-corrected chi connectivity index (χ2v) is 5.18. The highest BCUT2D eigenvalue weighted by molar-refractivity contribution is 5.74. The number of ether oxygens (including phenoxy) is 2. The lowest BCUT2D eigenvalue weighted by Gasteiger charge is -2.09. The molecule has 0 aliphatic rings. The number of benzene rings is 2. The number of hydrogen-bond donors (Lipinski definition) is 0. The van der Waals surface area contributed by atoms with E-state index in [-0.39, 0.29) is 0 Å². The Morgan fingerprint density at radius 3 is 2.50 bits per heavy atom. The van der Waals surface area contributed by atoms with E-state index in [9.17, 15) is 4.79 Å². The Morgan fingerprint density at radius 2 is 1.77 bits per heavy atom. The number of aldehydes is 1. The molecule has 0 N–H and O–H groups in total. The van der Waals surface area contributed by atoms with Crippen molar-refractivity contribution in [2.24, 2.45) is 0 Å². The maximum Gasteiger partial charge on any atom is 0.150 e. The second kappa shape index (κ2) is 8.88. The van der Waals surface area contributed by atoms with Crippen molar-refractivity contribution in [3.8, 4) is 11.5 Å². The highest BCUT2D eigenvalue weighted by atomic mass is 16.5. The molecule has 3 heteroatoms. The van der Waals surface area contributed by atoms with Gasteiger partial charge in [-0.25, -0.2) is 0 Å². The first kappa shape index (κ1) is 16.1. The van der Waals surface area contributed by atoms with Crippen molar-refractivity contribution in [2.75, 3.05) is 6.61 Å². The van der Waals surface area contributed by atoms with Gasteiger partial charge < -0.3 is 9.47 Å². The zero-order chi connectivity index (χ0) is 15.6. The fourth-order valence-corrected chi connectivity index (χ4v) is 2.08. The van der Waals surface area contributed by atoms with Crippen LogP contribution >= 0.6 is 0 Å². The van der Waals surface area contributed by atoms with Gasteiger partial charge in [-0.15, -0.1) is 0 Å². The van der Waals surface area contributed by atoms with Gasteiger partial charge in [0.15, 0.2) is 0 Å². The Balaban J connectivity index is 1.85. The van der Waals surface area contributed by atoms with Crippen molar-refractivity contribution in [3.05, 3.63) is 59.7 Å². The molecule has 0 radical (unpaired) electrons. The molecule has 0 saturated carbocycles. The average Bonchev–Trinajstić information content (AvgIpc) is 2.58. The van der Waals surface area contributed by atoms with Crippen LogP contribution < -0.4 is 9.47 Å². The Hall–Kier alpha value is -2.29. The zero-order valence-corrected chi connectivity index (χ0v) is 13.0. The summed E-state index contributed by atoms with van der Waals surface area (Å²) in [5.74, 6) is 1.63. The molecule has 2 rings (SSSR count). The molecule has 0 aliphatic carbocycles. The van der Waals surface area contributed by atoms with E-state index in [2.05, 4.69) is 6.92 Å². The number of hydrogen-bond acceptors (Lipinski definition) is 3. The molecular weight excluding hydrogens is 276 g/mol. The van der Waals surface area contributed by atoms with Gasteiger partial charge in [0.2, 0.25) is 0 Å². The van der Waals surface area contributed by atoms with E-state index in [1.54, 1.807) is 24.3 Å². The number of unbranched alkanes of at least 4 members (excludes halogenated alkanes) is 2. The third-order valence-corrected chi connectivity index (χ3v) is 3.34. The van der Waals surface area contributed by atoms with Crippen molar-refractivity contribution < 1.29 is 14.3 Å². The Kier molecular flexibility index (Phi) is 6.49. The molecule has 0 aromatic heterocycles. The Bertz CT molecular complexity index is 575. The zero-order valence-electron chi connectivity index (χ0n) is 13.0. The van der Waals surface area contributed by atoms with E-state index >= 15 is 0 Å². The number of carbonyl (C=O) groups is 1. The van der Waals surface area contributed by atoms with Crippen molar-refractivity contribution in [2.45, 2.75) is 32.8 Å². The van der Waals surface area contributed by atoms with Gasteiger partial charge in [0.25, 0.3) is 0 Å². The van der Waals surface area contributed by atoms with E-state index in [4.69, 9.17) is 9.47 Å². The lowest BCUT2D eigenvalue weighted by molar-refractivity contribution is 0.112. The van der Waals surface area contributed by atoms with Gasteiger partial charge in [0, 0.05) is 5.56 Å². The maximum atomic E-state index is 10.6. The van der Waals surface area contributed by atoms with Crippen molar-refractivity contribution in [1.29, 1.82) is 0 Å². The molecule has 0 fully saturated rings. The molecule has 0 atom stereocenters. The summed E-state index contributed by atoms with van der Waals surface area (Å²) in [6.07, 6.45) is 4.29. The van der Waals surface area contributed by atoms with E-state index < -0.39 is 0 Å². The van der Waals surface area contributed by atoms with Crippen molar-refractivity contribution >= 4 is 6.29 Å². The van der Waals surface area contributed by atoms with E-state index in [1.165, 1.54) is 12.8 Å². The van der Waals surface area contributed by atoms with Crippen LogP contribution in [0.2, 0.25) is 0 Å². The summed E-state index contributed by atoms with van der Waals surface area (Å²) in [5.41, 5.74) is 1.71. The van der Waals surface area contributed by atoms with Crippen molar-refractivity contribution in [3.63, 3.8) is 0 Å². The summed E-state index contributed by atoms with van der Waals surface area (Å²) in [5, 5.41) is 0. The molecule has 3 nitrogen and oxygen atoms in total. The standard InChI is InChI=1S/C19H22O3/c1-2-3-4-12-21-19-7-5-6-17(13-19)15-22-18-10-8-16(14-20)9-11-18/h5-11,13-14H,2-4,12,15H2,1H3. The molecule has 0 heterocycles. The summed E-state index contributed by atoms with van der Waals surface area (Å²) in [7, 11) is 0. The van der Waals surface area contributed by atoms with Crippen LogP contribution in [0.4, 0.5) is 0 Å². The summed E-state index contributed by atoms with van der Waals surface area (Å²) in [6, 6.07) is 15.1. The highest BCUT2D eigenvalue weighted by Crippen LogP contribution is 2.17. The fourth-order valence-electron chi connectivity index (χ4n) is 2.08. The van der Waals surface area contributed by atoms with E-state index in [0.717, 1.165) is 36.4 Å². The normalized spacial score (nSPS) is 10.2. The summed E-state index contributed by atoms with van der Waals surface area (Å²) in [6.45, 7) is 3.41. The molecule has 2 aromatic carbocycles. The number of rotatable bonds is 9.